The normalized spacial score (nSPS) is 11.4. The Labute approximate surface area is 158 Å². The summed E-state index contributed by atoms with van der Waals surface area (Å²) in [4.78, 5) is 0. The summed E-state index contributed by atoms with van der Waals surface area (Å²) in [5.74, 6) is -0.0704. The first-order valence-electron chi connectivity index (χ1n) is 8.51. The van der Waals surface area contributed by atoms with Gasteiger partial charge in [0.2, 0.25) is 0 Å². The van der Waals surface area contributed by atoms with Gasteiger partial charge in [-0.2, -0.15) is 0 Å². The summed E-state index contributed by atoms with van der Waals surface area (Å²) >= 11 is 0. The highest BCUT2D eigenvalue weighted by Crippen LogP contribution is 2.49. The molecule has 27 heavy (non-hydrogen) atoms. The summed E-state index contributed by atoms with van der Waals surface area (Å²) in [7, 11) is -3.68. The minimum absolute atomic E-state index is 0.0704. The maximum absolute atomic E-state index is 13.5. The van der Waals surface area contributed by atoms with E-state index >= 15 is 0 Å². The third-order valence-electron chi connectivity index (χ3n) is 4.04. The SMILES string of the molecule is O=P(OCc1ccccc1)(OCc1ccccc1)c1ccc(O)c(CO)c1. The Kier molecular flexibility index (Phi) is 6.43. The van der Waals surface area contributed by atoms with Crippen LogP contribution < -0.4 is 5.30 Å². The molecule has 3 aromatic rings. The van der Waals surface area contributed by atoms with E-state index in [9.17, 15) is 14.8 Å². The fraction of sp³-hybridized carbons (Fsp3) is 0.143. The Balaban J connectivity index is 1.86. The van der Waals surface area contributed by atoms with E-state index < -0.39 is 7.60 Å². The van der Waals surface area contributed by atoms with E-state index in [0.29, 0.717) is 0 Å². The number of hydrogen-bond acceptors (Lipinski definition) is 5. The third kappa shape index (κ3) is 5.06. The average molecular weight is 384 g/mol. The van der Waals surface area contributed by atoms with Crippen molar-refractivity contribution in [2.75, 3.05) is 0 Å². The molecule has 5 nitrogen and oxygen atoms in total. The van der Waals surface area contributed by atoms with Crippen molar-refractivity contribution in [2.45, 2.75) is 19.8 Å². The highest BCUT2D eigenvalue weighted by molar-refractivity contribution is 7.62. The molecule has 3 aromatic carbocycles. The van der Waals surface area contributed by atoms with Crippen molar-refractivity contribution in [3.8, 4) is 5.75 Å². The highest BCUT2D eigenvalue weighted by Gasteiger charge is 2.29. The first kappa shape index (κ1) is 19.3. The van der Waals surface area contributed by atoms with Gasteiger partial charge in [-0.1, -0.05) is 60.7 Å². The lowest BCUT2D eigenvalue weighted by Crippen LogP contribution is -2.12. The van der Waals surface area contributed by atoms with E-state index in [1.54, 1.807) is 0 Å². The number of aliphatic hydroxyl groups excluding tert-OH is 1. The maximum atomic E-state index is 13.5. The van der Waals surface area contributed by atoms with Crippen molar-refractivity contribution in [1.29, 1.82) is 0 Å². The lowest BCUT2D eigenvalue weighted by atomic mass is 10.2. The van der Waals surface area contributed by atoms with Gasteiger partial charge in [-0.25, -0.2) is 0 Å². The standard InChI is InChI=1S/C21H21O5P/c22-14-19-13-20(11-12-21(19)23)27(24,25-15-17-7-3-1-4-8-17)26-16-18-9-5-2-6-10-18/h1-13,22-23H,14-16H2. The first-order valence-corrected chi connectivity index (χ1v) is 10.1. The quantitative estimate of drug-likeness (QED) is 0.571. The van der Waals surface area contributed by atoms with Crippen LogP contribution in [-0.4, -0.2) is 10.2 Å². The largest absolute Gasteiger partial charge is 0.508 e. The molecule has 0 radical (unpaired) electrons. The van der Waals surface area contributed by atoms with E-state index in [1.807, 2.05) is 60.7 Å². The van der Waals surface area contributed by atoms with Gasteiger partial charge in [0.05, 0.1) is 25.1 Å². The number of phenols is 1. The average Bonchev–Trinajstić information content (AvgIpc) is 2.72. The molecule has 0 aliphatic heterocycles. The van der Waals surface area contributed by atoms with Crippen molar-refractivity contribution in [3.05, 3.63) is 95.6 Å². The molecule has 6 heteroatoms. The molecule has 0 saturated carbocycles. The molecule has 0 aromatic heterocycles. The number of aromatic hydroxyl groups is 1. The molecule has 0 aliphatic carbocycles. The summed E-state index contributed by atoms with van der Waals surface area (Å²) < 4.78 is 25.0. The fourth-order valence-corrected chi connectivity index (χ4v) is 4.10. The lowest BCUT2D eigenvalue weighted by Gasteiger charge is -2.20. The van der Waals surface area contributed by atoms with Crippen molar-refractivity contribution in [2.24, 2.45) is 0 Å². The van der Waals surface area contributed by atoms with Crippen LogP contribution in [-0.2, 0) is 33.4 Å². The third-order valence-corrected chi connectivity index (χ3v) is 5.89. The van der Waals surface area contributed by atoms with Gasteiger partial charge < -0.3 is 19.3 Å². The van der Waals surface area contributed by atoms with E-state index in [-0.39, 0.29) is 36.4 Å². The van der Waals surface area contributed by atoms with E-state index in [1.165, 1.54) is 18.2 Å². The van der Waals surface area contributed by atoms with Crippen molar-refractivity contribution < 1.29 is 23.8 Å². The van der Waals surface area contributed by atoms with Crippen LogP contribution in [0.2, 0.25) is 0 Å². The smallest absolute Gasteiger partial charge is 0.361 e. The molecule has 3 rings (SSSR count). The zero-order valence-corrected chi connectivity index (χ0v) is 15.6. The second-order valence-corrected chi connectivity index (χ2v) is 8.01. The number of benzene rings is 3. The summed E-state index contributed by atoms with van der Waals surface area (Å²) in [5.41, 5.74) is 1.99. The number of rotatable bonds is 8. The van der Waals surface area contributed by atoms with Crippen LogP contribution in [0.25, 0.3) is 0 Å². The van der Waals surface area contributed by atoms with Gasteiger partial charge in [-0.05, 0) is 29.3 Å². The summed E-state index contributed by atoms with van der Waals surface area (Å²) in [6.45, 7) is -0.151. The number of hydrogen-bond donors (Lipinski definition) is 2. The topological polar surface area (TPSA) is 76.0 Å². The Hall–Kier alpha value is -2.43. The summed E-state index contributed by atoms with van der Waals surface area (Å²) in [5, 5.41) is 19.5. The minimum atomic E-state index is -3.68. The fourth-order valence-electron chi connectivity index (χ4n) is 2.52. The van der Waals surface area contributed by atoms with E-state index in [4.69, 9.17) is 9.05 Å². The lowest BCUT2D eigenvalue weighted by molar-refractivity contribution is 0.200. The maximum Gasteiger partial charge on any atom is 0.361 e. The van der Waals surface area contributed by atoms with Crippen LogP contribution in [0.5, 0.6) is 5.75 Å². The predicted octanol–water partition coefficient (Wildman–Crippen LogP) is 4.14. The second-order valence-electron chi connectivity index (χ2n) is 5.99. The van der Waals surface area contributed by atoms with Crippen LogP contribution >= 0.6 is 7.60 Å². The highest BCUT2D eigenvalue weighted by atomic mass is 31.2. The predicted molar refractivity (Wildman–Crippen MR) is 104 cm³/mol. The van der Waals surface area contributed by atoms with Crippen LogP contribution in [0, 0.1) is 0 Å². The molecular weight excluding hydrogens is 363 g/mol. The summed E-state index contributed by atoms with van der Waals surface area (Å²) in [6, 6.07) is 23.1. The molecule has 0 unspecified atom stereocenters. The van der Waals surface area contributed by atoms with Crippen LogP contribution in [0.1, 0.15) is 16.7 Å². The molecule has 0 bridgehead atoms. The van der Waals surface area contributed by atoms with E-state index in [0.717, 1.165) is 11.1 Å². The van der Waals surface area contributed by atoms with Crippen molar-refractivity contribution >= 4 is 12.9 Å². The molecule has 0 fully saturated rings. The molecule has 0 amide bonds. The Morgan fingerprint density at radius 1 is 0.778 bits per heavy atom. The van der Waals surface area contributed by atoms with Crippen molar-refractivity contribution in [3.63, 3.8) is 0 Å². The molecule has 0 spiro atoms. The summed E-state index contributed by atoms with van der Waals surface area (Å²) in [6.07, 6.45) is 0. The van der Waals surface area contributed by atoms with E-state index in [2.05, 4.69) is 0 Å². The van der Waals surface area contributed by atoms with Crippen LogP contribution in [0.15, 0.2) is 78.9 Å². The van der Waals surface area contributed by atoms with Gasteiger partial charge >= 0.3 is 7.60 Å². The first-order chi connectivity index (χ1) is 13.1. The van der Waals surface area contributed by atoms with Gasteiger partial charge in [-0.15, -0.1) is 0 Å². The van der Waals surface area contributed by atoms with Gasteiger partial charge in [0.25, 0.3) is 0 Å². The second kappa shape index (κ2) is 8.98. The Morgan fingerprint density at radius 3 is 1.78 bits per heavy atom. The van der Waals surface area contributed by atoms with Gasteiger partial charge in [-0.3, -0.25) is 4.57 Å². The van der Waals surface area contributed by atoms with Gasteiger partial charge in [0.15, 0.2) is 0 Å². The van der Waals surface area contributed by atoms with Crippen molar-refractivity contribution in [1.82, 2.24) is 0 Å². The van der Waals surface area contributed by atoms with Gasteiger partial charge in [0, 0.05) is 5.56 Å². The van der Waals surface area contributed by atoms with Gasteiger partial charge in [0.1, 0.15) is 5.75 Å². The zero-order chi connectivity index (χ0) is 19.1. The zero-order valence-electron chi connectivity index (χ0n) is 14.7. The van der Waals surface area contributed by atoms with Crippen LogP contribution in [0.4, 0.5) is 0 Å². The molecule has 0 heterocycles. The molecule has 0 aliphatic rings. The molecular formula is C21H21O5P. The Morgan fingerprint density at radius 2 is 1.30 bits per heavy atom. The Bertz CT molecular complexity index is 865. The molecule has 2 N–H and O–H groups in total. The molecule has 140 valence electrons. The molecule has 0 saturated heterocycles. The molecule has 0 atom stereocenters. The monoisotopic (exact) mass is 384 g/mol. The minimum Gasteiger partial charge on any atom is -0.508 e. The van der Waals surface area contributed by atoms with Crippen LogP contribution in [0.3, 0.4) is 0 Å². The number of aliphatic hydroxyl groups is 1.